The molecule has 0 bridgehead atoms. The topological polar surface area (TPSA) is 69.2 Å². The second kappa shape index (κ2) is 15.3. The predicted octanol–water partition coefficient (Wildman–Crippen LogP) is 3.51. The lowest BCUT2D eigenvalue weighted by Gasteiger charge is -2.35. The first-order valence-electron chi connectivity index (χ1n) is 11.7. The smallest absolute Gasteiger partial charge is 0.220 e. The van der Waals surface area contributed by atoms with Crippen molar-refractivity contribution in [3.63, 3.8) is 0 Å². The molecule has 1 fully saturated rings. The summed E-state index contributed by atoms with van der Waals surface area (Å²) >= 11 is 0. The minimum atomic E-state index is 0. The molecule has 1 aliphatic heterocycles. The van der Waals surface area contributed by atoms with Crippen molar-refractivity contribution in [1.82, 2.24) is 20.4 Å². The van der Waals surface area contributed by atoms with E-state index in [2.05, 4.69) is 59.4 Å². The van der Waals surface area contributed by atoms with Crippen LogP contribution in [-0.4, -0.2) is 75.1 Å². The van der Waals surface area contributed by atoms with E-state index in [0.29, 0.717) is 18.9 Å². The fourth-order valence-corrected chi connectivity index (χ4v) is 4.26. The SMILES string of the molecule is CCNC(=NCC(c1cccc(OC)c1)N(CC)CC)N1CCC(CC(=O)NC)CC1.I. The van der Waals surface area contributed by atoms with E-state index in [1.54, 1.807) is 14.2 Å². The van der Waals surface area contributed by atoms with Gasteiger partial charge in [-0.05, 0) is 56.5 Å². The maximum absolute atomic E-state index is 11.7. The van der Waals surface area contributed by atoms with Crippen LogP contribution in [0.3, 0.4) is 0 Å². The number of likely N-dealkylation sites (N-methyl/N-ethyl adjacent to an activating group) is 1. The summed E-state index contributed by atoms with van der Waals surface area (Å²) in [6, 6.07) is 8.52. The predicted molar refractivity (Wildman–Crippen MR) is 143 cm³/mol. The summed E-state index contributed by atoms with van der Waals surface area (Å²) in [4.78, 5) is 21.5. The first-order chi connectivity index (χ1) is 15.1. The Morgan fingerprint density at radius 2 is 1.94 bits per heavy atom. The lowest BCUT2D eigenvalue weighted by Crippen LogP contribution is -2.46. The first kappa shape index (κ1) is 28.5. The molecule has 1 unspecified atom stereocenters. The van der Waals surface area contributed by atoms with Gasteiger partial charge in [0.15, 0.2) is 5.96 Å². The van der Waals surface area contributed by atoms with Gasteiger partial charge in [-0.15, -0.1) is 24.0 Å². The van der Waals surface area contributed by atoms with Gasteiger partial charge in [0.2, 0.25) is 5.91 Å². The van der Waals surface area contributed by atoms with Crippen molar-refractivity contribution in [2.45, 2.75) is 46.1 Å². The quantitative estimate of drug-likeness (QED) is 0.261. The Kier molecular flexibility index (Phi) is 13.6. The number of likely N-dealkylation sites (tertiary alicyclic amines) is 1. The molecule has 1 heterocycles. The number of aliphatic imine (C=N–C) groups is 1. The molecule has 1 saturated heterocycles. The number of carbonyl (C=O) groups excluding carboxylic acids is 1. The van der Waals surface area contributed by atoms with Crippen LogP contribution in [-0.2, 0) is 4.79 Å². The first-order valence-corrected chi connectivity index (χ1v) is 11.7. The Morgan fingerprint density at radius 1 is 1.25 bits per heavy atom. The average molecular weight is 560 g/mol. The van der Waals surface area contributed by atoms with E-state index < -0.39 is 0 Å². The zero-order valence-corrected chi connectivity index (χ0v) is 22.7. The molecule has 1 aliphatic rings. The molecule has 2 rings (SSSR count). The third kappa shape index (κ3) is 8.42. The van der Waals surface area contributed by atoms with Crippen molar-refractivity contribution >= 4 is 35.8 Å². The van der Waals surface area contributed by atoms with Crippen LogP contribution in [0.5, 0.6) is 5.75 Å². The maximum atomic E-state index is 11.7. The van der Waals surface area contributed by atoms with Crippen molar-refractivity contribution in [3.8, 4) is 5.75 Å². The van der Waals surface area contributed by atoms with Crippen molar-refractivity contribution in [2.24, 2.45) is 10.9 Å². The van der Waals surface area contributed by atoms with Crippen molar-refractivity contribution < 1.29 is 9.53 Å². The molecule has 8 heteroatoms. The third-order valence-electron chi connectivity index (χ3n) is 6.15. The van der Waals surface area contributed by atoms with E-state index in [-0.39, 0.29) is 35.9 Å². The molecule has 0 radical (unpaired) electrons. The number of hydrogen-bond acceptors (Lipinski definition) is 4. The second-order valence-corrected chi connectivity index (χ2v) is 8.02. The number of methoxy groups -OCH3 is 1. The van der Waals surface area contributed by atoms with Crippen LogP contribution in [0.2, 0.25) is 0 Å². The van der Waals surface area contributed by atoms with Crippen LogP contribution in [0, 0.1) is 5.92 Å². The van der Waals surface area contributed by atoms with Gasteiger partial charge < -0.3 is 20.3 Å². The number of guanidine groups is 1. The summed E-state index contributed by atoms with van der Waals surface area (Å²) in [5, 5.41) is 6.22. The van der Waals surface area contributed by atoms with E-state index in [0.717, 1.165) is 57.3 Å². The normalized spacial score (nSPS) is 15.8. The highest BCUT2D eigenvalue weighted by Gasteiger charge is 2.24. The van der Waals surface area contributed by atoms with Gasteiger partial charge in [0, 0.05) is 33.1 Å². The Morgan fingerprint density at radius 3 is 2.50 bits per heavy atom. The number of rotatable bonds is 10. The largest absolute Gasteiger partial charge is 0.497 e. The van der Waals surface area contributed by atoms with E-state index in [4.69, 9.17) is 9.73 Å². The van der Waals surface area contributed by atoms with Crippen molar-refractivity contribution in [1.29, 1.82) is 0 Å². The summed E-state index contributed by atoms with van der Waals surface area (Å²) < 4.78 is 5.45. The monoisotopic (exact) mass is 559 g/mol. The van der Waals surface area contributed by atoms with E-state index in [1.807, 2.05) is 6.07 Å². The Labute approximate surface area is 211 Å². The van der Waals surface area contributed by atoms with Gasteiger partial charge in [-0.1, -0.05) is 26.0 Å². The molecule has 1 atom stereocenters. The van der Waals surface area contributed by atoms with Crippen LogP contribution in [0.1, 0.15) is 51.6 Å². The number of benzene rings is 1. The van der Waals surface area contributed by atoms with E-state index in [9.17, 15) is 4.79 Å². The molecule has 0 aromatic heterocycles. The highest BCUT2D eigenvalue weighted by molar-refractivity contribution is 14.0. The molecule has 1 aromatic rings. The molecule has 0 aliphatic carbocycles. The highest BCUT2D eigenvalue weighted by Crippen LogP contribution is 2.25. The zero-order chi connectivity index (χ0) is 22.6. The molecule has 1 aromatic carbocycles. The zero-order valence-electron chi connectivity index (χ0n) is 20.4. The molecule has 32 heavy (non-hydrogen) atoms. The van der Waals surface area contributed by atoms with Gasteiger partial charge in [0.25, 0.3) is 0 Å². The van der Waals surface area contributed by atoms with E-state index in [1.165, 1.54) is 5.56 Å². The highest BCUT2D eigenvalue weighted by atomic mass is 127. The van der Waals surface area contributed by atoms with Crippen LogP contribution in [0.4, 0.5) is 0 Å². The van der Waals surface area contributed by atoms with Gasteiger partial charge in [0.05, 0.1) is 19.7 Å². The summed E-state index contributed by atoms with van der Waals surface area (Å²) in [5.41, 5.74) is 1.23. The second-order valence-electron chi connectivity index (χ2n) is 8.02. The third-order valence-corrected chi connectivity index (χ3v) is 6.15. The Bertz CT molecular complexity index is 703. The molecule has 7 nitrogen and oxygen atoms in total. The number of nitrogens with one attached hydrogen (secondary N) is 2. The summed E-state index contributed by atoms with van der Waals surface area (Å²) in [5.74, 6) is 2.45. The molecule has 0 saturated carbocycles. The molecule has 1 amide bonds. The minimum absolute atomic E-state index is 0. The van der Waals surface area contributed by atoms with Crippen LogP contribution in [0.15, 0.2) is 29.3 Å². The Hall–Kier alpha value is -1.55. The fraction of sp³-hybridized carbons (Fsp3) is 0.667. The summed E-state index contributed by atoms with van der Waals surface area (Å²) in [6.07, 6.45) is 2.66. The lowest BCUT2D eigenvalue weighted by atomic mass is 9.93. The molecular formula is C24H42IN5O2. The molecule has 0 spiro atoms. The number of hydrogen-bond donors (Lipinski definition) is 2. The van der Waals surface area contributed by atoms with Crippen LogP contribution < -0.4 is 15.4 Å². The lowest BCUT2D eigenvalue weighted by molar-refractivity contribution is -0.121. The van der Waals surface area contributed by atoms with E-state index >= 15 is 0 Å². The average Bonchev–Trinajstić information content (AvgIpc) is 2.81. The van der Waals surface area contributed by atoms with Crippen LogP contribution >= 0.6 is 24.0 Å². The van der Waals surface area contributed by atoms with Gasteiger partial charge >= 0.3 is 0 Å². The number of carbonyl (C=O) groups is 1. The van der Waals surface area contributed by atoms with Crippen LogP contribution in [0.25, 0.3) is 0 Å². The Balaban J connectivity index is 0.00000512. The van der Waals surface area contributed by atoms with Gasteiger partial charge in [-0.25, -0.2) is 0 Å². The number of halogens is 1. The van der Waals surface area contributed by atoms with Crippen molar-refractivity contribution in [3.05, 3.63) is 29.8 Å². The van der Waals surface area contributed by atoms with Crippen molar-refractivity contribution in [2.75, 3.05) is 53.4 Å². The maximum Gasteiger partial charge on any atom is 0.220 e. The molecule has 182 valence electrons. The number of nitrogens with zero attached hydrogens (tertiary/aromatic N) is 3. The minimum Gasteiger partial charge on any atom is -0.497 e. The summed E-state index contributed by atoms with van der Waals surface area (Å²) in [6.45, 7) is 11.8. The fourth-order valence-electron chi connectivity index (χ4n) is 4.26. The number of ether oxygens (including phenoxy) is 1. The van der Waals surface area contributed by atoms with Gasteiger partial charge in [-0.3, -0.25) is 14.7 Å². The standard InChI is InChI=1S/C24H41N5O2.HI/c1-6-26-24(29-14-12-19(13-15-29)16-23(30)25-4)27-18-22(28(7-2)8-3)20-10-9-11-21(17-20)31-5;/h9-11,17,19,22H,6-8,12-16,18H2,1-5H3,(H,25,30)(H,26,27);1H. The number of amides is 1. The molecule has 2 N–H and O–H groups in total. The summed E-state index contributed by atoms with van der Waals surface area (Å²) in [7, 11) is 3.42. The molecular weight excluding hydrogens is 517 g/mol. The number of piperidine rings is 1. The van der Waals surface area contributed by atoms with Gasteiger partial charge in [0.1, 0.15) is 5.75 Å². The van der Waals surface area contributed by atoms with Gasteiger partial charge in [-0.2, -0.15) is 0 Å².